The Labute approximate surface area is 243 Å². The van der Waals surface area contributed by atoms with E-state index in [2.05, 4.69) is 5.32 Å². The Hall–Kier alpha value is -1.30. The van der Waals surface area contributed by atoms with Crippen LogP contribution in [0.2, 0.25) is 0 Å². The van der Waals surface area contributed by atoms with Crippen LogP contribution in [-0.4, -0.2) is 96.6 Å². The number of nitrogens with one attached hydrogen (secondary N) is 1. The predicted octanol–water partition coefficient (Wildman–Crippen LogP) is 4.17. The van der Waals surface area contributed by atoms with E-state index in [1.165, 1.54) is 38.5 Å². The van der Waals surface area contributed by atoms with Crippen molar-refractivity contribution in [2.75, 3.05) is 79.2 Å². The molecule has 0 rings (SSSR count). The number of carbonyl (C=O) groups is 2. The Morgan fingerprint density at radius 1 is 0.550 bits per heavy atom. The maximum absolute atomic E-state index is 11.9. The summed E-state index contributed by atoms with van der Waals surface area (Å²) in [7, 11) is 0. The summed E-state index contributed by atoms with van der Waals surface area (Å²) in [5, 5.41) is 2.91. The van der Waals surface area contributed by atoms with E-state index < -0.39 is 0 Å². The number of hydrogen-bond acceptors (Lipinski definition) is 9. The highest BCUT2D eigenvalue weighted by atomic mass is 16.6. The van der Waals surface area contributed by atoms with Gasteiger partial charge in [0.2, 0.25) is 5.91 Å². The lowest BCUT2D eigenvalue weighted by molar-refractivity contribution is -0.154. The predicted molar refractivity (Wildman–Crippen MR) is 157 cm³/mol. The summed E-state index contributed by atoms with van der Waals surface area (Å²) >= 11 is 0. The van der Waals surface area contributed by atoms with Gasteiger partial charge >= 0.3 is 5.97 Å². The fourth-order valence-corrected chi connectivity index (χ4v) is 3.78. The minimum absolute atomic E-state index is 0.0891. The van der Waals surface area contributed by atoms with Gasteiger partial charge in [-0.15, -0.1) is 0 Å². The summed E-state index contributed by atoms with van der Waals surface area (Å²) in [5.74, 6) is 0.00388. The number of esters is 1. The van der Waals surface area contributed by atoms with Gasteiger partial charge < -0.3 is 39.5 Å². The molecule has 0 radical (unpaired) electrons. The Morgan fingerprint density at radius 2 is 0.925 bits per heavy atom. The number of carbonyl (C=O) groups excluding carboxylic acids is 2. The zero-order valence-electron chi connectivity index (χ0n) is 25.8. The van der Waals surface area contributed by atoms with Gasteiger partial charge in [-0.2, -0.15) is 0 Å². The number of rotatable bonds is 30. The maximum Gasteiger partial charge on any atom is 0.306 e. The Balaban J connectivity index is 3.22. The molecule has 0 heterocycles. The molecule has 0 aliphatic rings. The van der Waals surface area contributed by atoms with Crippen LogP contribution >= 0.6 is 0 Å². The van der Waals surface area contributed by atoms with E-state index in [1.807, 2.05) is 20.8 Å². The Bertz CT molecular complexity index is 572. The Kier molecular flexibility index (Phi) is 28.3. The molecule has 0 aliphatic heterocycles. The van der Waals surface area contributed by atoms with E-state index in [9.17, 15) is 9.59 Å². The van der Waals surface area contributed by atoms with Crippen molar-refractivity contribution in [3.8, 4) is 0 Å². The molecule has 0 saturated carbocycles. The van der Waals surface area contributed by atoms with Gasteiger partial charge in [0, 0.05) is 25.9 Å². The number of ether oxygens (including phenoxy) is 6. The first-order valence-electron chi connectivity index (χ1n) is 15.4. The molecular weight excluding hydrogens is 516 g/mol. The molecule has 0 aromatic rings. The third kappa shape index (κ3) is 32.9. The van der Waals surface area contributed by atoms with E-state index in [1.54, 1.807) is 0 Å². The van der Waals surface area contributed by atoms with Crippen molar-refractivity contribution in [3.63, 3.8) is 0 Å². The quantitative estimate of drug-likeness (QED) is 0.0957. The highest BCUT2D eigenvalue weighted by molar-refractivity contribution is 5.75. The van der Waals surface area contributed by atoms with Crippen LogP contribution in [0.25, 0.3) is 0 Å². The minimum Gasteiger partial charge on any atom is -0.460 e. The van der Waals surface area contributed by atoms with Crippen molar-refractivity contribution < 1.29 is 38.0 Å². The highest BCUT2D eigenvalue weighted by Gasteiger charge is 2.15. The molecule has 0 saturated heterocycles. The third-order valence-corrected chi connectivity index (χ3v) is 5.77. The highest BCUT2D eigenvalue weighted by Crippen LogP contribution is 2.14. The molecule has 0 aromatic heterocycles. The van der Waals surface area contributed by atoms with Gasteiger partial charge in [0.1, 0.15) is 5.60 Å². The lowest BCUT2D eigenvalue weighted by Gasteiger charge is -2.19. The smallest absolute Gasteiger partial charge is 0.306 e. The normalized spacial score (nSPS) is 11.6. The molecule has 10 heteroatoms. The molecule has 0 bridgehead atoms. The van der Waals surface area contributed by atoms with Gasteiger partial charge in [-0.3, -0.25) is 9.59 Å². The summed E-state index contributed by atoms with van der Waals surface area (Å²) in [6.45, 7) is 12.0. The molecule has 0 fully saturated rings. The van der Waals surface area contributed by atoms with Crippen molar-refractivity contribution in [1.29, 1.82) is 0 Å². The first-order valence-corrected chi connectivity index (χ1v) is 15.4. The van der Waals surface area contributed by atoms with Crippen molar-refractivity contribution in [3.05, 3.63) is 0 Å². The number of nitrogens with two attached hydrogens (primary N) is 1. The number of hydrogen-bond donors (Lipinski definition) is 2. The standard InChI is InChI=1S/C30H60N2O8/c1-30(2,3)40-29(34)15-13-11-9-7-5-4-6-8-10-12-14-28(33)32-17-19-36-21-23-38-25-27-39-26-24-37-22-20-35-18-16-31/h4-27,31H2,1-3H3,(H,32,33). The van der Waals surface area contributed by atoms with Crippen LogP contribution in [0.4, 0.5) is 0 Å². The lowest BCUT2D eigenvalue weighted by atomic mass is 10.0. The largest absolute Gasteiger partial charge is 0.460 e. The van der Waals surface area contributed by atoms with Crippen LogP contribution in [0.5, 0.6) is 0 Å². The van der Waals surface area contributed by atoms with Crippen LogP contribution in [-0.2, 0) is 38.0 Å². The van der Waals surface area contributed by atoms with Crippen molar-refractivity contribution >= 4 is 11.9 Å². The molecule has 0 aromatic carbocycles. The molecule has 0 unspecified atom stereocenters. The van der Waals surface area contributed by atoms with Crippen molar-refractivity contribution in [1.82, 2.24) is 5.32 Å². The van der Waals surface area contributed by atoms with Gasteiger partial charge in [-0.05, 0) is 33.6 Å². The average molecular weight is 577 g/mol. The summed E-state index contributed by atoms with van der Waals surface area (Å²) in [5.41, 5.74) is 4.94. The zero-order valence-corrected chi connectivity index (χ0v) is 25.8. The molecule has 3 N–H and O–H groups in total. The molecule has 0 spiro atoms. The molecule has 40 heavy (non-hydrogen) atoms. The van der Waals surface area contributed by atoms with Crippen molar-refractivity contribution in [2.45, 2.75) is 103 Å². The first kappa shape index (κ1) is 38.7. The van der Waals surface area contributed by atoms with Crippen LogP contribution in [0.15, 0.2) is 0 Å². The van der Waals surface area contributed by atoms with E-state index in [-0.39, 0.29) is 17.5 Å². The Morgan fingerprint density at radius 3 is 1.35 bits per heavy atom. The summed E-state index contributed by atoms with van der Waals surface area (Å²) in [6, 6.07) is 0. The second-order valence-electron chi connectivity index (χ2n) is 10.8. The molecule has 10 nitrogen and oxygen atoms in total. The summed E-state index contributed by atoms with van der Waals surface area (Å²) in [6.07, 6.45) is 12.4. The van der Waals surface area contributed by atoms with E-state index in [0.717, 1.165) is 25.7 Å². The summed E-state index contributed by atoms with van der Waals surface area (Å²) < 4.78 is 32.2. The fourth-order valence-electron chi connectivity index (χ4n) is 3.78. The number of unbranched alkanes of at least 4 members (excludes halogenated alkanes) is 9. The van der Waals surface area contributed by atoms with Gasteiger partial charge in [-0.25, -0.2) is 0 Å². The second kappa shape index (κ2) is 29.2. The van der Waals surface area contributed by atoms with Gasteiger partial charge in [-0.1, -0.05) is 51.4 Å². The van der Waals surface area contributed by atoms with E-state index >= 15 is 0 Å². The average Bonchev–Trinajstić information content (AvgIpc) is 2.90. The SMILES string of the molecule is CC(C)(C)OC(=O)CCCCCCCCCCCCC(=O)NCCOCCOCCOCCOCCOCCN. The van der Waals surface area contributed by atoms with Crippen LogP contribution in [0.3, 0.4) is 0 Å². The van der Waals surface area contributed by atoms with Crippen molar-refractivity contribution in [2.24, 2.45) is 5.73 Å². The second-order valence-corrected chi connectivity index (χ2v) is 10.8. The lowest BCUT2D eigenvalue weighted by Crippen LogP contribution is -2.27. The van der Waals surface area contributed by atoms with E-state index in [4.69, 9.17) is 34.2 Å². The fraction of sp³-hybridized carbons (Fsp3) is 0.933. The molecular formula is C30H60N2O8. The molecule has 0 aliphatic carbocycles. The van der Waals surface area contributed by atoms with Gasteiger partial charge in [0.05, 0.1) is 66.1 Å². The van der Waals surface area contributed by atoms with Gasteiger partial charge in [0.15, 0.2) is 0 Å². The molecule has 1 amide bonds. The van der Waals surface area contributed by atoms with E-state index in [0.29, 0.717) is 92.0 Å². The molecule has 238 valence electrons. The number of amides is 1. The van der Waals surface area contributed by atoms with Crippen LogP contribution < -0.4 is 11.1 Å². The first-order chi connectivity index (χ1) is 19.3. The maximum atomic E-state index is 11.9. The zero-order chi connectivity index (χ0) is 29.6. The van der Waals surface area contributed by atoms with Crippen LogP contribution in [0, 0.1) is 0 Å². The monoisotopic (exact) mass is 576 g/mol. The third-order valence-electron chi connectivity index (χ3n) is 5.77. The van der Waals surface area contributed by atoms with Gasteiger partial charge in [0.25, 0.3) is 0 Å². The molecule has 0 atom stereocenters. The topological polar surface area (TPSA) is 128 Å². The minimum atomic E-state index is -0.387. The van der Waals surface area contributed by atoms with Crippen LogP contribution in [0.1, 0.15) is 97.8 Å². The summed E-state index contributed by atoms with van der Waals surface area (Å²) in [4.78, 5) is 23.6.